The number of benzene rings is 1. The number of carbonyl (C=O) groups excluding carboxylic acids is 1. The number of amides is 1. The Morgan fingerprint density at radius 3 is 2.19 bits per heavy atom. The van der Waals surface area contributed by atoms with Crippen LogP contribution in [0.3, 0.4) is 0 Å². The molecule has 0 saturated carbocycles. The topological polar surface area (TPSA) is 125 Å². The number of methoxy groups -OCH3 is 1. The number of hydrogen-bond acceptors (Lipinski definition) is 7. The van der Waals surface area contributed by atoms with Crippen LogP contribution in [0.5, 0.6) is 0 Å². The molecule has 0 aromatic heterocycles. The first-order valence-corrected chi connectivity index (χ1v) is 6.83. The summed E-state index contributed by atoms with van der Waals surface area (Å²) in [5, 5.41) is 24.2. The van der Waals surface area contributed by atoms with Crippen molar-refractivity contribution < 1.29 is 19.4 Å². The van der Waals surface area contributed by atoms with Crippen molar-refractivity contribution in [1.29, 1.82) is 0 Å². The van der Waals surface area contributed by atoms with Crippen molar-refractivity contribution in [2.75, 3.05) is 18.2 Å². The van der Waals surface area contributed by atoms with Gasteiger partial charge in [-0.05, 0) is 12.2 Å². The van der Waals surface area contributed by atoms with Crippen LogP contribution >= 0.6 is 11.8 Å². The zero-order valence-electron chi connectivity index (χ0n) is 11.3. The number of hydrogen-bond donors (Lipinski definition) is 1. The van der Waals surface area contributed by atoms with E-state index < -0.39 is 33.0 Å². The van der Waals surface area contributed by atoms with E-state index in [0.29, 0.717) is 10.6 Å². The highest BCUT2D eigenvalue weighted by atomic mass is 32.2. The van der Waals surface area contributed by atoms with Gasteiger partial charge in [0.1, 0.15) is 0 Å². The Morgan fingerprint density at radius 2 is 1.81 bits per heavy atom. The van der Waals surface area contributed by atoms with Gasteiger partial charge in [0.15, 0.2) is 0 Å². The van der Waals surface area contributed by atoms with Crippen molar-refractivity contribution >= 4 is 34.9 Å². The third-order valence-electron chi connectivity index (χ3n) is 2.35. The predicted octanol–water partition coefficient (Wildman–Crippen LogP) is 3.18. The molecule has 0 atom stereocenters. The maximum absolute atomic E-state index is 11.2. The van der Waals surface area contributed by atoms with Crippen LogP contribution in [0, 0.1) is 20.2 Å². The van der Waals surface area contributed by atoms with Crippen LogP contribution in [0.2, 0.25) is 0 Å². The molecule has 10 heteroatoms. The zero-order valence-corrected chi connectivity index (χ0v) is 12.1. The number of nitrogens with one attached hydrogen (secondary N) is 1. The molecule has 0 heterocycles. The van der Waals surface area contributed by atoms with E-state index >= 15 is 0 Å². The molecule has 0 spiro atoms. The first-order valence-electron chi connectivity index (χ1n) is 5.85. The van der Waals surface area contributed by atoms with Crippen molar-refractivity contribution in [1.82, 2.24) is 0 Å². The lowest BCUT2D eigenvalue weighted by Gasteiger charge is -2.07. The Hall–Kier alpha value is -2.36. The van der Waals surface area contributed by atoms with Gasteiger partial charge in [0.25, 0.3) is 0 Å². The largest absolute Gasteiger partial charge is 0.453 e. The van der Waals surface area contributed by atoms with E-state index in [9.17, 15) is 25.0 Å². The fourth-order valence-electron chi connectivity index (χ4n) is 1.46. The lowest BCUT2D eigenvalue weighted by molar-refractivity contribution is -0.392. The SMILES string of the molecule is CCCSc1cc([N+](=O)[O-])c(NC(=O)OC)c([N+](=O)[O-])c1. The summed E-state index contributed by atoms with van der Waals surface area (Å²) in [5.74, 6) is 0.665. The Bertz CT molecular complexity index is 542. The quantitative estimate of drug-likeness (QED) is 0.485. The monoisotopic (exact) mass is 315 g/mol. The van der Waals surface area contributed by atoms with Crippen molar-refractivity contribution in [2.24, 2.45) is 0 Å². The Kier molecular flexibility index (Phi) is 5.91. The fourth-order valence-corrected chi connectivity index (χ4v) is 2.29. The molecular weight excluding hydrogens is 302 g/mol. The van der Waals surface area contributed by atoms with Gasteiger partial charge in [-0.3, -0.25) is 25.5 Å². The van der Waals surface area contributed by atoms with Gasteiger partial charge in [-0.25, -0.2) is 4.79 Å². The number of rotatable bonds is 6. The van der Waals surface area contributed by atoms with Crippen molar-refractivity contribution in [2.45, 2.75) is 18.2 Å². The van der Waals surface area contributed by atoms with Crippen LogP contribution in [-0.4, -0.2) is 28.8 Å². The summed E-state index contributed by atoms with van der Waals surface area (Å²) in [6.45, 7) is 1.92. The summed E-state index contributed by atoms with van der Waals surface area (Å²) in [4.78, 5) is 32.2. The second kappa shape index (κ2) is 7.43. The molecule has 21 heavy (non-hydrogen) atoms. The maximum atomic E-state index is 11.2. The third kappa shape index (κ3) is 4.31. The summed E-state index contributed by atoms with van der Waals surface area (Å²) in [6, 6.07) is 2.39. The van der Waals surface area contributed by atoms with Crippen LogP contribution in [0.1, 0.15) is 13.3 Å². The molecule has 1 amide bonds. The van der Waals surface area contributed by atoms with Gasteiger partial charge in [-0.2, -0.15) is 0 Å². The zero-order chi connectivity index (χ0) is 16.0. The first-order chi connectivity index (χ1) is 9.90. The van der Waals surface area contributed by atoms with Crippen LogP contribution < -0.4 is 5.32 Å². The van der Waals surface area contributed by atoms with Crippen LogP contribution in [0.4, 0.5) is 21.9 Å². The molecule has 0 aliphatic rings. The van der Waals surface area contributed by atoms with Gasteiger partial charge < -0.3 is 4.74 Å². The van der Waals surface area contributed by atoms with Crippen LogP contribution in [0.15, 0.2) is 17.0 Å². The smallest absolute Gasteiger partial charge is 0.411 e. The third-order valence-corrected chi connectivity index (χ3v) is 3.53. The molecule has 114 valence electrons. The number of nitrogens with zero attached hydrogens (tertiary/aromatic N) is 2. The minimum atomic E-state index is -1.02. The minimum absolute atomic E-state index is 0.394. The van der Waals surface area contributed by atoms with Crippen molar-refractivity contribution in [3.05, 3.63) is 32.4 Å². The van der Waals surface area contributed by atoms with Gasteiger partial charge in [0, 0.05) is 17.0 Å². The summed E-state index contributed by atoms with van der Waals surface area (Å²) in [6.07, 6.45) is -0.204. The highest BCUT2D eigenvalue weighted by Crippen LogP contribution is 2.38. The average molecular weight is 315 g/mol. The molecule has 0 aliphatic heterocycles. The van der Waals surface area contributed by atoms with E-state index in [1.807, 2.05) is 12.2 Å². The summed E-state index contributed by atoms with van der Waals surface area (Å²) in [7, 11) is 1.05. The summed E-state index contributed by atoms with van der Waals surface area (Å²) < 4.78 is 4.32. The summed E-state index contributed by atoms with van der Waals surface area (Å²) in [5.41, 5.74) is -1.58. The standard InChI is InChI=1S/C11H13N3O6S/c1-3-4-21-7-5-8(13(16)17)10(12-11(15)20-2)9(6-7)14(18)19/h5-6H,3-4H2,1-2H3,(H,12,15). The molecule has 0 unspecified atom stereocenters. The van der Waals surface area contributed by atoms with E-state index in [1.54, 1.807) is 0 Å². The molecule has 1 aromatic rings. The number of ether oxygens (including phenoxy) is 1. The van der Waals surface area contributed by atoms with Gasteiger partial charge in [-0.1, -0.05) is 6.92 Å². The lowest BCUT2D eigenvalue weighted by Crippen LogP contribution is -2.14. The molecule has 0 bridgehead atoms. The lowest BCUT2D eigenvalue weighted by atomic mass is 10.2. The van der Waals surface area contributed by atoms with E-state index in [2.05, 4.69) is 4.74 Å². The molecule has 1 rings (SSSR count). The van der Waals surface area contributed by atoms with Crippen molar-refractivity contribution in [3.63, 3.8) is 0 Å². The molecule has 1 N–H and O–H groups in total. The Morgan fingerprint density at radius 1 is 1.29 bits per heavy atom. The van der Waals surface area contributed by atoms with Crippen LogP contribution in [0.25, 0.3) is 0 Å². The molecule has 9 nitrogen and oxygen atoms in total. The van der Waals surface area contributed by atoms with Gasteiger partial charge in [-0.15, -0.1) is 11.8 Å². The Labute approximate surface area is 124 Å². The highest BCUT2D eigenvalue weighted by Gasteiger charge is 2.28. The molecule has 1 aromatic carbocycles. The minimum Gasteiger partial charge on any atom is -0.453 e. The van der Waals surface area contributed by atoms with Gasteiger partial charge in [0.05, 0.1) is 17.0 Å². The molecule has 0 aliphatic carbocycles. The van der Waals surface area contributed by atoms with E-state index in [-0.39, 0.29) is 0 Å². The van der Waals surface area contributed by atoms with E-state index in [4.69, 9.17) is 0 Å². The van der Waals surface area contributed by atoms with Crippen LogP contribution in [-0.2, 0) is 4.74 Å². The summed E-state index contributed by atoms with van der Waals surface area (Å²) >= 11 is 1.26. The van der Waals surface area contributed by atoms with Gasteiger partial charge >= 0.3 is 17.5 Å². The van der Waals surface area contributed by atoms with E-state index in [1.165, 1.54) is 23.9 Å². The first kappa shape index (κ1) is 16.7. The molecule has 0 fully saturated rings. The van der Waals surface area contributed by atoms with E-state index in [0.717, 1.165) is 13.5 Å². The average Bonchev–Trinajstić information content (AvgIpc) is 2.44. The second-order valence-corrected chi connectivity index (χ2v) is 4.98. The Balaban J connectivity index is 3.39. The van der Waals surface area contributed by atoms with Crippen molar-refractivity contribution in [3.8, 4) is 0 Å². The second-order valence-electron chi connectivity index (χ2n) is 3.82. The number of nitro groups is 2. The number of anilines is 1. The molecular formula is C11H13N3O6S. The molecule has 0 saturated heterocycles. The number of carbonyl (C=O) groups is 1. The molecule has 0 radical (unpaired) electrons. The fraction of sp³-hybridized carbons (Fsp3) is 0.364. The number of thioether (sulfide) groups is 1. The maximum Gasteiger partial charge on any atom is 0.411 e. The number of nitro benzene ring substituents is 2. The van der Waals surface area contributed by atoms with Gasteiger partial charge in [0.2, 0.25) is 5.69 Å². The normalized spacial score (nSPS) is 10.0. The predicted molar refractivity (Wildman–Crippen MR) is 76.8 cm³/mol. The highest BCUT2D eigenvalue weighted by molar-refractivity contribution is 7.99.